The van der Waals surface area contributed by atoms with Crippen molar-refractivity contribution in [3.8, 4) is 0 Å². The summed E-state index contributed by atoms with van der Waals surface area (Å²) in [5.74, 6) is 5.54. The predicted octanol–water partition coefficient (Wildman–Crippen LogP) is 2.10. The molecule has 0 aliphatic heterocycles. The number of rotatable bonds is 2. The van der Waals surface area contributed by atoms with Crippen molar-refractivity contribution in [1.29, 1.82) is 0 Å². The Labute approximate surface area is 106 Å². The van der Waals surface area contributed by atoms with Gasteiger partial charge in [0.15, 0.2) is 0 Å². The quantitative estimate of drug-likeness (QED) is 0.366. The first-order chi connectivity index (χ1) is 8.59. The average molecular weight is 241 g/mol. The lowest BCUT2D eigenvalue weighted by Crippen LogP contribution is -2.38. The first kappa shape index (κ1) is 12.1. The van der Waals surface area contributed by atoms with E-state index in [4.69, 9.17) is 11.6 Å². The molecule has 0 aliphatic carbocycles. The number of hydrazine groups is 1. The highest BCUT2D eigenvalue weighted by atomic mass is 16.2. The average Bonchev–Trinajstić information content (AvgIpc) is 2.37. The Kier molecular flexibility index (Phi) is 3.30. The van der Waals surface area contributed by atoms with Crippen molar-refractivity contribution in [3.63, 3.8) is 0 Å². The van der Waals surface area contributed by atoms with Crippen LogP contribution in [-0.2, 0) is 0 Å². The zero-order valence-electron chi connectivity index (χ0n) is 10.1. The smallest absolute Gasteiger partial charge is 0.272 e. The molecular formula is C14H15N3O. The summed E-state index contributed by atoms with van der Waals surface area (Å²) in [6, 6.07) is 14.3. The molecule has 0 atom stereocenters. The Hall–Kier alpha value is -2.33. The number of benzene rings is 2. The van der Waals surface area contributed by atoms with Crippen LogP contribution in [0.3, 0.4) is 0 Å². The molecule has 2 aromatic carbocycles. The zero-order valence-corrected chi connectivity index (χ0v) is 10.1. The van der Waals surface area contributed by atoms with Gasteiger partial charge in [0.2, 0.25) is 0 Å². The highest BCUT2D eigenvalue weighted by Gasteiger charge is 2.15. The number of carbonyl (C=O) groups excluding carboxylic acids is 1. The van der Waals surface area contributed by atoms with E-state index < -0.39 is 0 Å². The van der Waals surface area contributed by atoms with Crippen molar-refractivity contribution in [2.24, 2.45) is 5.84 Å². The summed E-state index contributed by atoms with van der Waals surface area (Å²) in [5, 5.41) is 1.07. The van der Waals surface area contributed by atoms with E-state index in [1.807, 2.05) is 19.1 Å². The highest BCUT2D eigenvalue weighted by Crippen LogP contribution is 2.21. The number of anilines is 2. The molecular weight excluding hydrogens is 226 g/mol. The van der Waals surface area contributed by atoms with E-state index in [1.165, 1.54) is 0 Å². The SMILES string of the molecule is Cc1cccc(C(=O)N(N)c2ccccc2N)c1. The normalized spacial score (nSPS) is 10.1. The van der Waals surface area contributed by atoms with Crippen LogP contribution in [0.25, 0.3) is 0 Å². The molecule has 4 heteroatoms. The van der Waals surface area contributed by atoms with Crippen LogP contribution in [0.5, 0.6) is 0 Å². The van der Waals surface area contributed by atoms with Gasteiger partial charge in [0.05, 0.1) is 11.4 Å². The van der Waals surface area contributed by atoms with Gasteiger partial charge in [0, 0.05) is 5.56 Å². The summed E-state index contributed by atoms with van der Waals surface area (Å²) < 4.78 is 0. The Morgan fingerprint density at radius 3 is 2.50 bits per heavy atom. The number of aryl methyl sites for hydroxylation is 1. The second kappa shape index (κ2) is 4.89. The van der Waals surface area contributed by atoms with Crippen molar-refractivity contribution in [2.75, 3.05) is 10.7 Å². The Balaban J connectivity index is 2.32. The maximum Gasteiger partial charge on any atom is 0.272 e. The number of hydrogen-bond acceptors (Lipinski definition) is 3. The standard InChI is InChI=1S/C14H15N3O/c1-10-5-4-6-11(9-10)14(18)17(16)13-8-3-2-7-12(13)15/h2-9H,15-16H2,1H3. The van der Waals surface area contributed by atoms with Gasteiger partial charge in [-0.3, -0.25) is 4.79 Å². The molecule has 4 N–H and O–H groups in total. The van der Waals surface area contributed by atoms with Crippen LogP contribution in [0, 0.1) is 6.92 Å². The molecule has 0 spiro atoms. The van der Waals surface area contributed by atoms with Gasteiger partial charge in [-0.15, -0.1) is 0 Å². The molecule has 2 rings (SSSR count). The molecule has 0 fully saturated rings. The molecule has 0 heterocycles. The minimum absolute atomic E-state index is 0.281. The van der Waals surface area contributed by atoms with Gasteiger partial charge in [-0.2, -0.15) is 0 Å². The van der Waals surface area contributed by atoms with E-state index in [2.05, 4.69) is 0 Å². The van der Waals surface area contributed by atoms with Crippen LogP contribution in [0.4, 0.5) is 11.4 Å². The van der Waals surface area contributed by atoms with Gasteiger partial charge in [-0.1, -0.05) is 29.8 Å². The lowest BCUT2D eigenvalue weighted by molar-refractivity contribution is 0.0987. The summed E-state index contributed by atoms with van der Waals surface area (Å²) >= 11 is 0. The number of nitrogen functional groups attached to an aromatic ring is 1. The van der Waals surface area contributed by atoms with E-state index in [-0.39, 0.29) is 5.91 Å². The number of nitrogens with zero attached hydrogens (tertiary/aromatic N) is 1. The van der Waals surface area contributed by atoms with Crippen molar-refractivity contribution < 1.29 is 4.79 Å². The van der Waals surface area contributed by atoms with Crippen LogP contribution in [-0.4, -0.2) is 5.91 Å². The fourth-order valence-corrected chi connectivity index (χ4v) is 1.73. The minimum Gasteiger partial charge on any atom is -0.397 e. The molecule has 1 amide bonds. The third-order valence-corrected chi connectivity index (χ3v) is 2.68. The molecule has 0 radical (unpaired) electrons. The van der Waals surface area contributed by atoms with E-state index in [0.717, 1.165) is 10.6 Å². The second-order valence-electron chi connectivity index (χ2n) is 4.10. The molecule has 2 aromatic rings. The van der Waals surface area contributed by atoms with Gasteiger partial charge in [0.1, 0.15) is 0 Å². The lowest BCUT2D eigenvalue weighted by atomic mass is 10.1. The van der Waals surface area contributed by atoms with Crippen LogP contribution in [0.15, 0.2) is 48.5 Å². The van der Waals surface area contributed by atoms with E-state index >= 15 is 0 Å². The Morgan fingerprint density at radius 1 is 1.11 bits per heavy atom. The monoisotopic (exact) mass is 241 g/mol. The molecule has 0 aromatic heterocycles. The Morgan fingerprint density at radius 2 is 1.83 bits per heavy atom. The maximum atomic E-state index is 12.2. The molecule has 0 bridgehead atoms. The zero-order chi connectivity index (χ0) is 13.1. The summed E-state index contributed by atoms with van der Waals surface area (Å²) in [7, 11) is 0. The van der Waals surface area contributed by atoms with Gasteiger partial charge in [-0.05, 0) is 31.2 Å². The number of carbonyl (C=O) groups is 1. The summed E-state index contributed by atoms with van der Waals surface area (Å²) in [6.45, 7) is 1.93. The highest BCUT2D eigenvalue weighted by molar-refractivity contribution is 6.06. The topological polar surface area (TPSA) is 72.3 Å². The molecule has 92 valence electrons. The fourth-order valence-electron chi connectivity index (χ4n) is 1.73. The first-order valence-electron chi connectivity index (χ1n) is 5.60. The van der Waals surface area contributed by atoms with E-state index in [0.29, 0.717) is 16.9 Å². The van der Waals surface area contributed by atoms with Crippen molar-refractivity contribution in [3.05, 3.63) is 59.7 Å². The second-order valence-corrected chi connectivity index (χ2v) is 4.10. The van der Waals surface area contributed by atoms with Gasteiger partial charge in [0.25, 0.3) is 5.91 Å². The largest absolute Gasteiger partial charge is 0.397 e. The molecule has 0 saturated carbocycles. The number of amides is 1. The third kappa shape index (κ3) is 2.33. The van der Waals surface area contributed by atoms with Crippen molar-refractivity contribution in [2.45, 2.75) is 6.92 Å². The minimum atomic E-state index is -0.281. The number of hydrogen-bond donors (Lipinski definition) is 2. The van der Waals surface area contributed by atoms with Crippen LogP contribution in [0.2, 0.25) is 0 Å². The summed E-state index contributed by atoms with van der Waals surface area (Å²) in [4.78, 5) is 12.2. The van der Waals surface area contributed by atoms with E-state index in [1.54, 1.807) is 36.4 Å². The predicted molar refractivity (Wildman–Crippen MR) is 73.0 cm³/mol. The molecule has 0 aliphatic rings. The molecule has 18 heavy (non-hydrogen) atoms. The number of nitrogens with two attached hydrogens (primary N) is 2. The number of para-hydroxylation sites is 2. The third-order valence-electron chi connectivity index (χ3n) is 2.68. The van der Waals surface area contributed by atoms with Gasteiger partial charge in [-0.25, -0.2) is 10.9 Å². The van der Waals surface area contributed by atoms with Crippen LogP contribution in [0.1, 0.15) is 15.9 Å². The van der Waals surface area contributed by atoms with Gasteiger partial charge >= 0.3 is 0 Å². The fraction of sp³-hybridized carbons (Fsp3) is 0.0714. The summed E-state index contributed by atoms with van der Waals surface area (Å²) in [5.41, 5.74) is 8.32. The van der Waals surface area contributed by atoms with Crippen LogP contribution < -0.4 is 16.6 Å². The summed E-state index contributed by atoms with van der Waals surface area (Å²) in [6.07, 6.45) is 0. The molecule has 0 unspecified atom stereocenters. The van der Waals surface area contributed by atoms with Crippen molar-refractivity contribution in [1.82, 2.24) is 0 Å². The molecule has 4 nitrogen and oxygen atoms in total. The molecule has 0 saturated heterocycles. The lowest BCUT2D eigenvalue weighted by Gasteiger charge is -2.18. The van der Waals surface area contributed by atoms with Gasteiger partial charge < -0.3 is 5.73 Å². The van der Waals surface area contributed by atoms with E-state index in [9.17, 15) is 4.79 Å². The van der Waals surface area contributed by atoms with Crippen LogP contribution >= 0.6 is 0 Å². The van der Waals surface area contributed by atoms with Crippen molar-refractivity contribution >= 4 is 17.3 Å². The Bertz CT molecular complexity index is 581. The maximum absolute atomic E-state index is 12.2. The first-order valence-corrected chi connectivity index (χ1v) is 5.60.